The van der Waals surface area contributed by atoms with Crippen molar-refractivity contribution in [1.29, 1.82) is 0 Å². The highest BCUT2D eigenvalue weighted by atomic mass is 19.1. The first-order valence-corrected chi connectivity index (χ1v) is 5.91. The van der Waals surface area contributed by atoms with E-state index in [2.05, 4.69) is 4.90 Å². The van der Waals surface area contributed by atoms with Gasteiger partial charge in [0, 0.05) is 38.3 Å². The van der Waals surface area contributed by atoms with Gasteiger partial charge in [-0.05, 0) is 13.1 Å². The van der Waals surface area contributed by atoms with Gasteiger partial charge in [-0.2, -0.15) is 0 Å². The van der Waals surface area contributed by atoms with Gasteiger partial charge in [0.15, 0.2) is 0 Å². The van der Waals surface area contributed by atoms with Gasteiger partial charge in [0.2, 0.25) is 0 Å². The molecule has 0 bridgehead atoms. The number of nitrogens with zero attached hydrogens (tertiary/aromatic N) is 3. The molecule has 1 aliphatic heterocycles. The van der Waals surface area contributed by atoms with Crippen LogP contribution in [0.3, 0.4) is 0 Å². The Hall–Kier alpha value is -2.02. The fourth-order valence-corrected chi connectivity index (χ4v) is 1.97. The Morgan fingerprint density at radius 3 is 2.53 bits per heavy atom. The van der Waals surface area contributed by atoms with Gasteiger partial charge in [-0.25, -0.2) is 4.39 Å². The molecule has 0 spiro atoms. The maximum absolute atomic E-state index is 13.6. The average Bonchev–Trinajstić information content (AvgIpc) is 2.39. The molecular formula is C12H14FN3O3. The number of carbonyl (C=O) groups excluding carboxylic acids is 1. The Bertz CT molecular complexity index is 513. The summed E-state index contributed by atoms with van der Waals surface area (Å²) in [6.45, 7) is 2.42. The fraction of sp³-hybridized carbons (Fsp3) is 0.417. The Morgan fingerprint density at radius 2 is 1.95 bits per heavy atom. The summed E-state index contributed by atoms with van der Waals surface area (Å²) in [6.07, 6.45) is 0. The first-order chi connectivity index (χ1) is 8.99. The Labute approximate surface area is 109 Å². The molecule has 2 rings (SSSR count). The van der Waals surface area contributed by atoms with Crippen molar-refractivity contribution in [2.45, 2.75) is 0 Å². The molecule has 0 atom stereocenters. The molecule has 0 unspecified atom stereocenters. The van der Waals surface area contributed by atoms with Crippen molar-refractivity contribution in [2.24, 2.45) is 0 Å². The molecule has 7 heteroatoms. The zero-order valence-corrected chi connectivity index (χ0v) is 10.5. The molecule has 1 aliphatic rings. The van der Waals surface area contributed by atoms with Crippen LogP contribution >= 0.6 is 0 Å². The maximum atomic E-state index is 13.6. The largest absolute Gasteiger partial charge is 0.336 e. The third-order valence-electron chi connectivity index (χ3n) is 3.18. The highest BCUT2D eigenvalue weighted by Crippen LogP contribution is 2.19. The first-order valence-electron chi connectivity index (χ1n) is 5.91. The number of rotatable bonds is 2. The summed E-state index contributed by atoms with van der Waals surface area (Å²) in [7, 11) is 1.94. The molecule has 1 aromatic carbocycles. The normalized spacial score (nSPS) is 16.4. The van der Waals surface area contributed by atoms with Gasteiger partial charge in [0.25, 0.3) is 11.6 Å². The van der Waals surface area contributed by atoms with E-state index in [1.54, 1.807) is 0 Å². The van der Waals surface area contributed by atoms with Crippen LogP contribution in [0.4, 0.5) is 10.1 Å². The number of hydrogen-bond donors (Lipinski definition) is 0. The SMILES string of the molecule is CN1CCN(C(=O)c2cc([N+](=O)[O-])ccc2F)CC1. The molecule has 0 N–H and O–H groups in total. The fourth-order valence-electron chi connectivity index (χ4n) is 1.97. The predicted octanol–water partition coefficient (Wildman–Crippen LogP) is 1.12. The molecule has 1 fully saturated rings. The molecule has 0 saturated carbocycles. The van der Waals surface area contributed by atoms with Crippen molar-refractivity contribution in [1.82, 2.24) is 9.80 Å². The van der Waals surface area contributed by atoms with Crippen LogP contribution in [-0.4, -0.2) is 53.9 Å². The lowest BCUT2D eigenvalue weighted by Gasteiger charge is -2.32. The highest BCUT2D eigenvalue weighted by Gasteiger charge is 2.24. The summed E-state index contributed by atoms with van der Waals surface area (Å²) in [5, 5.41) is 10.7. The quantitative estimate of drug-likeness (QED) is 0.595. The van der Waals surface area contributed by atoms with E-state index in [1.165, 1.54) is 4.90 Å². The van der Waals surface area contributed by atoms with Crippen molar-refractivity contribution >= 4 is 11.6 Å². The highest BCUT2D eigenvalue weighted by molar-refractivity contribution is 5.95. The van der Waals surface area contributed by atoms with Crippen LogP contribution in [0.15, 0.2) is 18.2 Å². The topological polar surface area (TPSA) is 66.7 Å². The minimum absolute atomic E-state index is 0.237. The summed E-state index contributed by atoms with van der Waals surface area (Å²) in [5.74, 6) is -1.22. The van der Waals surface area contributed by atoms with E-state index < -0.39 is 16.6 Å². The summed E-state index contributed by atoms with van der Waals surface area (Å²) in [4.78, 5) is 25.7. The molecule has 0 aromatic heterocycles. The number of carbonyl (C=O) groups is 1. The molecule has 1 aromatic rings. The smallest absolute Gasteiger partial charge is 0.270 e. The van der Waals surface area contributed by atoms with Gasteiger partial charge in [0.05, 0.1) is 10.5 Å². The Morgan fingerprint density at radius 1 is 1.32 bits per heavy atom. The van der Waals surface area contributed by atoms with E-state index in [9.17, 15) is 19.3 Å². The molecule has 0 aliphatic carbocycles. The second-order valence-corrected chi connectivity index (χ2v) is 4.52. The molecule has 6 nitrogen and oxygen atoms in total. The van der Waals surface area contributed by atoms with Crippen LogP contribution < -0.4 is 0 Å². The van der Waals surface area contributed by atoms with Gasteiger partial charge in [-0.15, -0.1) is 0 Å². The van der Waals surface area contributed by atoms with E-state index in [0.29, 0.717) is 26.2 Å². The number of hydrogen-bond acceptors (Lipinski definition) is 4. The minimum atomic E-state index is -0.727. The minimum Gasteiger partial charge on any atom is -0.336 e. The van der Waals surface area contributed by atoms with Crippen molar-refractivity contribution < 1.29 is 14.1 Å². The van der Waals surface area contributed by atoms with Gasteiger partial charge in [-0.3, -0.25) is 14.9 Å². The molecule has 0 radical (unpaired) electrons. The molecular weight excluding hydrogens is 253 g/mol. The number of nitro groups is 1. The van der Waals surface area contributed by atoms with Crippen molar-refractivity contribution in [2.75, 3.05) is 33.2 Å². The van der Waals surface area contributed by atoms with E-state index in [0.717, 1.165) is 18.2 Å². The summed E-state index contributed by atoms with van der Waals surface area (Å²) in [6, 6.07) is 3.01. The Balaban J connectivity index is 2.23. The number of benzene rings is 1. The van der Waals surface area contributed by atoms with Crippen LogP contribution in [0, 0.1) is 15.9 Å². The standard InChI is InChI=1S/C12H14FN3O3/c1-14-4-6-15(7-5-14)12(17)10-8-9(16(18)19)2-3-11(10)13/h2-3,8H,4-7H2,1H3. The molecule has 1 heterocycles. The van der Waals surface area contributed by atoms with Gasteiger partial charge in [-0.1, -0.05) is 0 Å². The second-order valence-electron chi connectivity index (χ2n) is 4.52. The van der Waals surface area contributed by atoms with Crippen LogP contribution in [0.25, 0.3) is 0 Å². The first kappa shape index (κ1) is 13.4. The second kappa shape index (κ2) is 5.31. The predicted molar refractivity (Wildman–Crippen MR) is 66.5 cm³/mol. The lowest BCUT2D eigenvalue weighted by atomic mass is 10.1. The monoisotopic (exact) mass is 267 g/mol. The molecule has 1 amide bonds. The molecule has 102 valence electrons. The average molecular weight is 267 g/mol. The van der Waals surface area contributed by atoms with Gasteiger partial charge >= 0.3 is 0 Å². The zero-order chi connectivity index (χ0) is 14.0. The number of piperazine rings is 1. The molecule has 1 saturated heterocycles. The van der Waals surface area contributed by atoms with Crippen LogP contribution in [-0.2, 0) is 0 Å². The van der Waals surface area contributed by atoms with Gasteiger partial charge < -0.3 is 9.80 Å². The van der Waals surface area contributed by atoms with Crippen LogP contribution in [0.1, 0.15) is 10.4 Å². The lowest BCUT2D eigenvalue weighted by molar-refractivity contribution is -0.384. The van der Waals surface area contributed by atoms with Crippen molar-refractivity contribution in [3.8, 4) is 0 Å². The summed E-state index contributed by atoms with van der Waals surface area (Å²) >= 11 is 0. The maximum Gasteiger partial charge on any atom is 0.270 e. The lowest BCUT2D eigenvalue weighted by Crippen LogP contribution is -2.47. The number of halogens is 1. The zero-order valence-electron chi connectivity index (χ0n) is 10.5. The van der Waals surface area contributed by atoms with Crippen LogP contribution in [0.5, 0.6) is 0 Å². The summed E-state index contributed by atoms with van der Waals surface area (Å²) in [5.41, 5.74) is -0.516. The van der Waals surface area contributed by atoms with E-state index in [-0.39, 0.29) is 11.3 Å². The number of amides is 1. The number of nitro benzene ring substituents is 1. The van der Waals surface area contributed by atoms with E-state index >= 15 is 0 Å². The number of likely N-dealkylation sites (N-methyl/N-ethyl adjacent to an activating group) is 1. The Kier molecular flexibility index (Phi) is 3.75. The van der Waals surface area contributed by atoms with Crippen molar-refractivity contribution in [3.05, 3.63) is 39.7 Å². The van der Waals surface area contributed by atoms with E-state index in [1.807, 2.05) is 7.05 Å². The van der Waals surface area contributed by atoms with E-state index in [4.69, 9.17) is 0 Å². The summed E-state index contributed by atoms with van der Waals surface area (Å²) < 4.78 is 13.6. The third-order valence-corrected chi connectivity index (χ3v) is 3.18. The van der Waals surface area contributed by atoms with Crippen LogP contribution in [0.2, 0.25) is 0 Å². The van der Waals surface area contributed by atoms with Gasteiger partial charge in [0.1, 0.15) is 5.82 Å². The number of non-ortho nitro benzene ring substituents is 1. The third kappa shape index (κ3) is 2.87. The van der Waals surface area contributed by atoms with Crippen molar-refractivity contribution in [3.63, 3.8) is 0 Å². The molecule has 19 heavy (non-hydrogen) atoms.